The first-order valence-electron chi connectivity index (χ1n) is 6.38. The molecule has 2 heterocycles. The third-order valence-corrected chi connectivity index (χ3v) is 4.63. The summed E-state index contributed by atoms with van der Waals surface area (Å²) in [7, 11) is 0. The average molecular weight is 271 g/mol. The van der Waals surface area contributed by atoms with Crippen LogP contribution in [-0.4, -0.2) is 9.97 Å². The number of rotatable bonds is 2. The zero-order valence-electron chi connectivity index (χ0n) is 11.2. The summed E-state index contributed by atoms with van der Waals surface area (Å²) in [6, 6.07) is 10.3. The van der Waals surface area contributed by atoms with E-state index >= 15 is 0 Å². The predicted octanol–water partition coefficient (Wildman–Crippen LogP) is 3.13. The second kappa shape index (κ2) is 4.53. The Kier molecular flexibility index (Phi) is 2.97. The topological polar surface area (TPSA) is 51.8 Å². The molecule has 0 fully saturated rings. The highest BCUT2D eigenvalue weighted by Crippen LogP contribution is 2.35. The van der Waals surface area contributed by atoms with Crippen LogP contribution in [0.1, 0.15) is 36.5 Å². The number of fused-ring (bicyclic) bond motifs is 1. The van der Waals surface area contributed by atoms with Crippen molar-refractivity contribution in [3.8, 4) is 0 Å². The van der Waals surface area contributed by atoms with E-state index in [1.54, 1.807) is 0 Å². The van der Waals surface area contributed by atoms with Crippen molar-refractivity contribution < 1.29 is 0 Å². The van der Waals surface area contributed by atoms with Crippen LogP contribution in [0.5, 0.6) is 0 Å². The molecule has 0 saturated heterocycles. The molecule has 0 atom stereocenters. The number of aromatic nitrogens is 2. The number of nitrogens with two attached hydrogens (primary N) is 1. The van der Waals surface area contributed by atoms with E-state index in [1.165, 1.54) is 5.56 Å². The number of anilines is 1. The Morgan fingerprint density at radius 1 is 1.11 bits per heavy atom. The standard InChI is InChI=1S/C15H17N3S/c1-15(2,10-6-4-3-5-7-10)14-17-12-9-19-8-11(12)13(16)18-14/h3-7H,8-9H2,1-2H3,(H2,16,17,18). The molecule has 0 radical (unpaired) electrons. The van der Waals surface area contributed by atoms with Gasteiger partial charge in [-0.15, -0.1) is 0 Å². The van der Waals surface area contributed by atoms with Gasteiger partial charge in [0.2, 0.25) is 0 Å². The molecule has 0 saturated carbocycles. The summed E-state index contributed by atoms with van der Waals surface area (Å²) < 4.78 is 0. The Morgan fingerprint density at radius 2 is 1.84 bits per heavy atom. The van der Waals surface area contributed by atoms with Gasteiger partial charge < -0.3 is 5.73 Å². The lowest BCUT2D eigenvalue weighted by molar-refractivity contribution is 0.587. The summed E-state index contributed by atoms with van der Waals surface area (Å²) in [6.07, 6.45) is 0. The van der Waals surface area contributed by atoms with Crippen LogP contribution in [0.4, 0.5) is 5.82 Å². The Balaban J connectivity index is 2.09. The SMILES string of the molecule is CC(C)(c1ccccc1)c1nc(N)c2c(n1)CSC2. The van der Waals surface area contributed by atoms with Crippen molar-refractivity contribution in [1.82, 2.24) is 9.97 Å². The molecule has 0 aliphatic carbocycles. The van der Waals surface area contributed by atoms with Gasteiger partial charge in [0.15, 0.2) is 0 Å². The van der Waals surface area contributed by atoms with Gasteiger partial charge in [-0.3, -0.25) is 0 Å². The highest BCUT2D eigenvalue weighted by Gasteiger charge is 2.29. The van der Waals surface area contributed by atoms with Crippen LogP contribution in [0.15, 0.2) is 30.3 Å². The van der Waals surface area contributed by atoms with E-state index in [4.69, 9.17) is 10.7 Å². The summed E-state index contributed by atoms with van der Waals surface area (Å²) in [6.45, 7) is 4.29. The molecule has 4 heteroatoms. The van der Waals surface area contributed by atoms with E-state index in [9.17, 15) is 0 Å². The molecule has 0 bridgehead atoms. The molecule has 3 nitrogen and oxygen atoms in total. The molecule has 2 aromatic rings. The fraction of sp³-hybridized carbons (Fsp3) is 0.333. The maximum absolute atomic E-state index is 6.08. The van der Waals surface area contributed by atoms with Crippen LogP contribution in [0.3, 0.4) is 0 Å². The van der Waals surface area contributed by atoms with Gasteiger partial charge in [0, 0.05) is 22.5 Å². The quantitative estimate of drug-likeness (QED) is 0.911. The highest BCUT2D eigenvalue weighted by atomic mass is 32.2. The Labute approximate surface area is 117 Å². The minimum atomic E-state index is -0.225. The first-order valence-corrected chi connectivity index (χ1v) is 7.53. The molecule has 1 aliphatic heterocycles. The number of nitrogens with zero attached hydrogens (tertiary/aromatic N) is 2. The highest BCUT2D eigenvalue weighted by molar-refractivity contribution is 7.98. The van der Waals surface area contributed by atoms with Crippen molar-refractivity contribution in [2.24, 2.45) is 0 Å². The molecule has 2 N–H and O–H groups in total. The molecule has 1 aromatic heterocycles. The smallest absolute Gasteiger partial charge is 0.141 e. The average Bonchev–Trinajstić information content (AvgIpc) is 2.88. The van der Waals surface area contributed by atoms with Crippen LogP contribution in [0.2, 0.25) is 0 Å². The molecular formula is C15H17N3S. The van der Waals surface area contributed by atoms with Gasteiger partial charge in [-0.1, -0.05) is 30.3 Å². The summed E-state index contributed by atoms with van der Waals surface area (Å²) in [5.74, 6) is 3.35. The molecule has 98 valence electrons. The predicted molar refractivity (Wildman–Crippen MR) is 80.0 cm³/mol. The fourth-order valence-electron chi connectivity index (χ4n) is 2.34. The zero-order valence-corrected chi connectivity index (χ0v) is 12.0. The van der Waals surface area contributed by atoms with Crippen molar-refractivity contribution in [3.05, 3.63) is 53.0 Å². The molecule has 19 heavy (non-hydrogen) atoms. The maximum atomic E-state index is 6.08. The normalized spacial score (nSPS) is 14.4. The molecule has 3 rings (SSSR count). The van der Waals surface area contributed by atoms with Crippen molar-refractivity contribution in [1.29, 1.82) is 0 Å². The van der Waals surface area contributed by atoms with E-state index in [0.29, 0.717) is 5.82 Å². The number of benzene rings is 1. The monoisotopic (exact) mass is 271 g/mol. The van der Waals surface area contributed by atoms with Gasteiger partial charge in [0.25, 0.3) is 0 Å². The zero-order chi connectivity index (χ0) is 13.5. The second-order valence-corrected chi connectivity index (χ2v) is 6.33. The van der Waals surface area contributed by atoms with E-state index in [0.717, 1.165) is 28.6 Å². The third-order valence-electron chi connectivity index (χ3n) is 3.66. The van der Waals surface area contributed by atoms with Crippen LogP contribution < -0.4 is 5.73 Å². The lowest BCUT2D eigenvalue weighted by Crippen LogP contribution is -2.24. The molecule has 0 amide bonds. The summed E-state index contributed by atoms with van der Waals surface area (Å²) in [5.41, 5.74) is 9.30. The van der Waals surface area contributed by atoms with Gasteiger partial charge in [-0.05, 0) is 19.4 Å². The van der Waals surface area contributed by atoms with E-state index in [2.05, 4.69) is 31.0 Å². The van der Waals surface area contributed by atoms with Gasteiger partial charge in [0.1, 0.15) is 11.6 Å². The summed E-state index contributed by atoms with van der Waals surface area (Å²) >= 11 is 1.85. The number of hydrogen-bond donors (Lipinski definition) is 1. The second-order valence-electron chi connectivity index (χ2n) is 5.34. The van der Waals surface area contributed by atoms with Crippen LogP contribution >= 0.6 is 11.8 Å². The fourth-order valence-corrected chi connectivity index (χ4v) is 3.39. The summed E-state index contributed by atoms with van der Waals surface area (Å²) in [5, 5.41) is 0. The van der Waals surface area contributed by atoms with Crippen LogP contribution in [-0.2, 0) is 16.9 Å². The summed E-state index contributed by atoms with van der Waals surface area (Å²) in [4.78, 5) is 9.30. The van der Waals surface area contributed by atoms with E-state index in [1.807, 2.05) is 30.0 Å². The maximum Gasteiger partial charge on any atom is 0.141 e. The first-order chi connectivity index (χ1) is 9.09. The first kappa shape index (κ1) is 12.5. The molecule has 1 aromatic carbocycles. The van der Waals surface area contributed by atoms with Gasteiger partial charge >= 0.3 is 0 Å². The molecule has 0 unspecified atom stereocenters. The van der Waals surface area contributed by atoms with Crippen molar-refractivity contribution in [3.63, 3.8) is 0 Å². The largest absolute Gasteiger partial charge is 0.383 e. The van der Waals surface area contributed by atoms with Crippen molar-refractivity contribution in [2.45, 2.75) is 30.8 Å². The van der Waals surface area contributed by atoms with Crippen LogP contribution in [0.25, 0.3) is 0 Å². The van der Waals surface area contributed by atoms with E-state index < -0.39 is 0 Å². The number of hydrogen-bond acceptors (Lipinski definition) is 4. The minimum Gasteiger partial charge on any atom is -0.383 e. The number of nitrogen functional groups attached to an aromatic ring is 1. The van der Waals surface area contributed by atoms with Gasteiger partial charge in [-0.25, -0.2) is 9.97 Å². The van der Waals surface area contributed by atoms with Crippen molar-refractivity contribution in [2.75, 3.05) is 5.73 Å². The molecule has 0 spiro atoms. The lowest BCUT2D eigenvalue weighted by atomic mass is 9.83. The van der Waals surface area contributed by atoms with Gasteiger partial charge in [0.05, 0.1) is 5.69 Å². The molecular weight excluding hydrogens is 254 g/mol. The van der Waals surface area contributed by atoms with Crippen LogP contribution in [0, 0.1) is 0 Å². The Bertz CT molecular complexity index is 608. The number of thioether (sulfide) groups is 1. The third kappa shape index (κ3) is 2.10. The minimum absolute atomic E-state index is 0.225. The Morgan fingerprint density at radius 3 is 2.58 bits per heavy atom. The Hall–Kier alpha value is -1.55. The van der Waals surface area contributed by atoms with Gasteiger partial charge in [-0.2, -0.15) is 11.8 Å². The lowest BCUT2D eigenvalue weighted by Gasteiger charge is -2.24. The van der Waals surface area contributed by atoms with E-state index in [-0.39, 0.29) is 5.41 Å². The van der Waals surface area contributed by atoms with Crippen molar-refractivity contribution >= 4 is 17.6 Å². The molecule has 1 aliphatic rings.